The molecule has 5 nitrogen and oxygen atoms in total. The third-order valence-corrected chi connectivity index (χ3v) is 5.53. The molecule has 2 atom stereocenters. The summed E-state index contributed by atoms with van der Waals surface area (Å²) in [5, 5.41) is 11.8. The number of hydrogen-bond donors (Lipinski definition) is 1. The zero-order valence-electron chi connectivity index (χ0n) is 14.2. The summed E-state index contributed by atoms with van der Waals surface area (Å²) in [6.45, 7) is 1.96. The van der Waals surface area contributed by atoms with Crippen LogP contribution in [0.4, 0.5) is 4.39 Å². The monoisotopic (exact) mass is 352 g/mol. The van der Waals surface area contributed by atoms with Crippen LogP contribution in [-0.4, -0.2) is 21.0 Å². The van der Waals surface area contributed by atoms with Crippen LogP contribution >= 0.6 is 0 Å². The Kier molecular flexibility index (Phi) is 3.14. The van der Waals surface area contributed by atoms with Gasteiger partial charge >= 0.3 is 0 Å². The first-order valence-corrected chi connectivity index (χ1v) is 8.67. The molecule has 0 bridgehead atoms. The highest BCUT2D eigenvalue weighted by Gasteiger charge is 2.45. The van der Waals surface area contributed by atoms with Crippen molar-refractivity contribution in [2.24, 2.45) is 0 Å². The average Bonchev–Trinajstić information content (AvgIpc) is 3.01. The predicted molar refractivity (Wildman–Crippen MR) is 94.4 cm³/mol. The van der Waals surface area contributed by atoms with E-state index >= 15 is 0 Å². The summed E-state index contributed by atoms with van der Waals surface area (Å²) in [7, 11) is 0. The summed E-state index contributed by atoms with van der Waals surface area (Å²) in [6, 6.07) is 11.5. The van der Waals surface area contributed by atoms with Gasteiger partial charge in [0.05, 0.1) is 30.1 Å². The number of rotatable bonds is 1. The highest BCUT2D eigenvalue weighted by Crippen LogP contribution is 2.41. The Bertz CT molecular complexity index is 1120. The van der Waals surface area contributed by atoms with E-state index in [1.807, 2.05) is 30.3 Å². The smallest absolute Gasteiger partial charge is 0.257 e. The number of aliphatic hydroxyl groups is 1. The van der Waals surface area contributed by atoms with Crippen LogP contribution in [0.25, 0.3) is 22.3 Å². The van der Waals surface area contributed by atoms with Gasteiger partial charge in [0.15, 0.2) is 0 Å². The molecule has 0 unspecified atom stereocenters. The van der Waals surface area contributed by atoms with Crippen LogP contribution in [-0.2, 0) is 23.5 Å². The third kappa shape index (κ3) is 1.91. The van der Waals surface area contributed by atoms with E-state index in [-0.39, 0.29) is 18.6 Å². The topological polar surface area (TPSA) is 64.4 Å². The fourth-order valence-corrected chi connectivity index (χ4v) is 4.01. The van der Waals surface area contributed by atoms with Gasteiger partial charge in [0.25, 0.3) is 5.56 Å². The molecule has 2 aromatic heterocycles. The molecular formula is C20H17FN2O3. The van der Waals surface area contributed by atoms with E-state index in [1.54, 1.807) is 17.6 Å². The number of alkyl halides is 1. The predicted octanol–water partition coefficient (Wildman–Crippen LogP) is 2.85. The highest BCUT2D eigenvalue weighted by molar-refractivity contribution is 5.84. The number of aromatic nitrogens is 2. The zero-order valence-corrected chi connectivity index (χ0v) is 14.2. The van der Waals surface area contributed by atoms with Gasteiger partial charge in [-0.25, -0.2) is 9.37 Å². The lowest BCUT2D eigenvalue weighted by molar-refractivity contribution is -0.198. The van der Waals surface area contributed by atoms with Gasteiger partial charge in [-0.15, -0.1) is 0 Å². The first kappa shape index (κ1) is 15.7. The number of halogens is 1. The van der Waals surface area contributed by atoms with Crippen molar-refractivity contribution in [2.75, 3.05) is 0 Å². The Hall–Kier alpha value is -2.57. The van der Waals surface area contributed by atoms with E-state index in [9.17, 15) is 14.3 Å². The normalized spacial score (nSPS) is 23.6. The van der Waals surface area contributed by atoms with Gasteiger partial charge in [-0.05, 0) is 24.6 Å². The van der Waals surface area contributed by atoms with Crippen LogP contribution < -0.4 is 5.56 Å². The minimum Gasteiger partial charge on any atom is -0.379 e. The molecule has 0 spiro atoms. The number of pyridine rings is 2. The van der Waals surface area contributed by atoms with Gasteiger partial charge in [0.2, 0.25) is 6.36 Å². The number of fused-ring (bicyclic) bond motifs is 5. The number of hydrogen-bond acceptors (Lipinski definition) is 4. The van der Waals surface area contributed by atoms with E-state index in [2.05, 4.69) is 0 Å². The Morgan fingerprint density at radius 2 is 2.19 bits per heavy atom. The molecule has 6 heteroatoms. The van der Waals surface area contributed by atoms with Crippen molar-refractivity contribution < 1.29 is 14.2 Å². The Morgan fingerprint density at radius 1 is 1.38 bits per heavy atom. The highest BCUT2D eigenvalue weighted by atomic mass is 19.1. The first-order chi connectivity index (χ1) is 12.5. The lowest BCUT2D eigenvalue weighted by atomic mass is 9.86. The molecular weight excluding hydrogens is 335 g/mol. The molecule has 2 aliphatic heterocycles. The summed E-state index contributed by atoms with van der Waals surface area (Å²) < 4.78 is 21.0. The summed E-state index contributed by atoms with van der Waals surface area (Å²) in [6.07, 6.45) is -1.74. The van der Waals surface area contributed by atoms with Crippen LogP contribution in [0.2, 0.25) is 0 Å². The van der Waals surface area contributed by atoms with E-state index in [4.69, 9.17) is 9.72 Å². The van der Waals surface area contributed by atoms with Gasteiger partial charge in [0, 0.05) is 22.1 Å². The summed E-state index contributed by atoms with van der Waals surface area (Å²) in [5.41, 5.74) is 1.69. The Morgan fingerprint density at radius 3 is 3.00 bits per heavy atom. The minimum atomic E-state index is -1.85. The molecule has 2 aliphatic rings. The largest absolute Gasteiger partial charge is 0.379 e. The molecule has 0 amide bonds. The molecule has 4 heterocycles. The van der Waals surface area contributed by atoms with Crippen molar-refractivity contribution in [1.82, 2.24) is 9.55 Å². The maximum Gasteiger partial charge on any atom is 0.257 e. The fourth-order valence-electron chi connectivity index (χ4n) is 4.01. The lowest BCUT2D eigenvalue weighted by Gasteiger charge is -2.36. The second kappa shape index (κ2) is 5.22. The van der Waals surface area contributed by atoms with Crippen LogP contribution in [0.3, 0.4) is 0 Å². The van der Waals surface area contributed by atoms with Gasteiger partial charge in [-0.2, -0.15) is 0 Å². The van der Waals surface area contributed by atoms with Crippen LogP contribution in [0, 0.1) is 0 Å². The molecule has 1 aromatic carbocycles. The van der Waals surface area contributed by atoms with Gasteiger partial charge in [-0.1, -0.05) is 25.1 Å². The van der Waals surface area contributed by atoms with Crippen LogP contribution in [0.15, 0.2) is 41.2 Å². The van der Waals surface area contributed by atoms with Gasteiger partial charge in [0.1, 0.15) is 5.60 Å². The minimum absolute atomic E-state index is 0.113. The summed E-state index contributed by atoms with van der Waals surface area (Å²) in [4.78, 5) is 17.7. The van der Waals surface area contributed by atoms with Crippen molar-refractivity contribution in [3.8, 4) is 11.4 Å². The van der Waals surface area contributed by atoms with E-state index in [0.717, 1.165) is 16.5 Å². The van der Waals surface area contributed by atoms with Gasteiger partial charge in [-0.3, -0.25) is 4.79 Å². The Labute approximate surface area is 148 Å². The molecule has 1 N–H and O–H groups in total. The standard InChI is InChI=1S/C20H17FN2O3/c1-2-20(25)14-8-16-17-12(7-11-5-3-4-6-15(11)22-17)9-23(16)18(24)13(14)10-26-19(20)21/h3-8,19,25H,2,9-10H2,1H3/t19-,20-/m0/s1. The zero-order chi connectivity index (χ0) is 18.1. The van der Waals surface area contributed by atoms with Crippen molar-refractivity contribution in [1.29, 1.82) is 0 Å². The van der Waals surface area contributed by atoms with Crippen molar-refractivity contribution >= 4 is 10.9 Å². The molecule has 132 valence electrons. The second-order valence-corrected chi connectivity index (χ2v) is 6.91. The van der Waals surface area contributed by atoms with E-state index in [0.29, 0.717) is 29.1 Å². The third-order valence-electron chi connectivity index (χ3n) is 5.53. The molecule has 26 heavy (non-hydrogen) atoms. The molecule has 0 fully saturated rings. The molecule has 3 aromatic rings. The fraction of sp³-hybridized carbons (Fsp3) is 0.300. The SMILES string of the molecule is CC[C@]1(O)c2cc3n(c(=O)c2CO[C@@H]1F)Cc1cc2ccccc2nc1-3. The van der Waals surface area contributed by atoms with E-state index < -0.39 is 12.0 Å². The van der Waals surface area contributed by atoms with Crippen LogP contribution in [0.5, 0.6) is 0 Å². The van der Waals surface area contributed by atoms with E-state index in [1.165, 1.54) is 0 Å². The molecule has 0 saturated heterocycles. The lowest BCUT2D eigenvalue weighted by Crippen LogP contribution is -2.45. The van der Waals surface area contributed by atoms with Crippen molar-refractivity contribution in [2.45, 2.75) is 38.5 Å². The summed E-state index contributed by atoms with van der Waals surface area (Å²) >= 11 is 0. The van der Waals surface area contributed by atoms with Crippen molar-refractivity contribution in [3.63, 3.8) is 0 Å². The maximum absolute atomic E-state index is 14.3. The summed E-state index contributed by atoms with van der Waals surface area (Å²) in [5.74, 6) is 0. The number of nitrogens with zero attached hydrogens (tertiary/aromatic N) is 2. The van der Waals surface area contributed by atoms with Gasteiger partial charge < -0.3 is 14.4 Å². The molecule has 0 saturated carbocycles. The molecule has 0 aliphatic carbocycles. The van der Waals surface area contributed by atoms with Crippen LogP contribution in [0.1, 0.15) is 30.0 Å². The quantitative estimate of drug-likeness (QED) is 0.572. The Balaban J connectivity index is 1.80. The molecule has 0 radical (unpaired) electrons. The number of benzene rings is 1. The number of para-hydroxylation sites is 1. The first-order valence-electron chi connectivity index (χ1n) is 8.67. The second-order valence-electron chi connectivity index (χ2n) is 6.91. The molecule has 5 rings (SSSR count). The maximum atomic E-state index is 14.3. The number of ether oxygens (including phenoxy) is 1. The van der Waals surface area contributed by atoms with Crippen molar-refractivity contribution in [3.05, 3.63) is 63.4 Å². The average molecular weight is 352 g/mol.